The second-order valence-corrected chi connectivity index (χ2v) is 9.67. The van der Waals surface area contributed by atoms with Gasteiger partial charge in [0.2, 0.25) is 5.91 Å². The number of hydrogen-bond acceptors (Lipinski definition) is 4. The van der Waals surface area contributed by atoms with Gasteiger partial charge in [-0.25, -0.2) is 0 Å². The number of halogens is 1. The third kappa shape index (κ3) is 3.93. The Morgan fingerprint density at radius 2 is 1.90 bits per heavy atom. The van der Waals surface area contributed by atoms with Crippen molar-refractivity contribution in [1.29, 1.82) is 0 Å². The number of para-hydroxylation sites is 1. The molecule has 0 radical (unpaired) electrons. The molecule has 4 nitrogen and oxygen atoms in total. The first-order chi connectivity index (χ1) is 14.2. The number of carbonyl (C=O) groups excluding carboxylic acids is 1. The Hall–Kier alpha value is -1.53. The van der Waals surface area contributed by atoms with Crippen LogP contribution in [0.4, 0.5) is 11.4 Å². The van der Waals surface area contributed by atoms with Crippen LogP contribution in [0.15, 0.2) is 52.3 Å². The van der Waals surface area contributed by atoms with Crippen LogP contribution in [0.3, 0.4) is 0 Å². The van der Waals surface area contributed by atoms with Crippen molar-refractivity contribution in [1.82, 2.24) is 9.80 Å². The fraction of sp³-hybridized carbons (Fsp3) is 0.435. The van der Waals surface area contributed by atoms with Gasteiger partial charge in [-0.05, 0) is 49.7 Å². The van der Waals surface area contributed by atoms with E-state index in [-0.39, 0.29) is 5.91 Å². The zero-order valence-electron chi connectivity index (χ0n) is 16.5. The molecule has 2 aromatic carbocycles. The Morgan fingerprint density at radius 1 is 1.03 bits per heavy atom. The van der Waals surface area contributed by atoms with Crippen LogP contribution in [0.1, 0.15) is 25.7 Å². The van der Waals surface area contributed by atoms with Crippen molar-refractivity contribution in [2.24, 2.45) is 0 Å². The lowest BCUT2D eigenvalue weighted by Gasteiger charge is -2.44. The number of piperidine rings is 1. The summed E-state index contributed by atoms with van der Waals surface area (Å²) >= 11 is 7.98. The van der Waals surface area contributed by atoms with Crippen LogP contribution in [0.5, 0.6) is 0 Å². The van der Waals surface area contributed by atoms with Crippen LogP contribution >= 0.6 is 23.4 Å². The molecule has 29 heavy (non-hydrogen) atoms. The molecule has 0 bridgehead atoms. The highest BCUT2D eigenvalue weighted by molar-refractivity contribution is 7.99. The summed E-state index contributed by atoms with van der Waals surface area (Å²) in [7, 11) is 0. The number of nitrogens with zero attached hydrogens (tertiary/aromatic N) is 3. The van der Waals surface area contributed by atoms with E-state index >= 15 is 0 Å². The zero-order valence-corrected chi connectivity index (χ0v) is 18.1. The molecule has 0 N–H and O–H groups in total. The highest BCUT2D eigenvalue weighted by Gasteiger charge is 2.31. The number of piperazine rings is 1. The number of rotatable bonds is 3. The molecule has 3 heterocycles. The lowest BCUT2D eigenvalue weighted by molar-refractivity contribution is -0.118. The molecule has 0 spiro atoms. The predicted molar refractivity (Wildman–Crippen MR) is 119 cm³/mol. The van der Waals surface area contributed by atoms with E-state index in [4.69, 9.17) is 11.6 Å². The van der Waals surface area contributed by atoms with Crippen LogP contribution in [-0.4, -0.2) is 54.5 Å². The van der Waals surface area contributed by atoms with E-state index in [2.05, 4.69) is 15.9 Å². The first-order valence-corrected chi connectivity index (χ1v) is 11.7. The van der Waals surface area contributed by atoms with Gasteiger partial charge in [0, 0.05) is 53.5 Å². The topological polar surface area (TPSA) is 26.8 Å². The minimum Gasteiger partial charge on any atom is -0.300 e. The summed E-state index contributed by atoms with van der Waals surface area (Å²) in [6.45, 7) is 5.38. The Balaban J connectivity index is 1.33. The van der Waals surface area contributed by atoms with Crippen molar-refractivity contribution in [3.8, 4) is 0 Å². The first kappa shape index (κ1) is 19.4. The van der Waals surface area contributed by atoms with E-state index in [0.29, 0.717) is 17.5 Å². The number of fused-ring (bicyclic) bond motifs is 3. The summed E-state index contributed by atoms with van der Waals surface area (Å²) in [5, 5.41) is 0.662. The first-order valence-electron chi connectivity index (χ1n) is 10.5. The molecule has 3 aliphatic rings. The maximum Gasteiger partial charge on any atom is 0.232 e. The fourth-order valence-electron chi connectivity index (χ4n) is 4.79. The molecule has 5 rings (SSSR count). The lowest BCUT2D eigenvalue weighted by atomic mass is 9.99. The number of carbonyl (C=O) groups is 1. The molecule has 1 atom stereocenters. The summed E-state index contributed by atoms with van der Waals surface area (Å²) in [4.78, 5) is 22.6. The molecule has 2 fully saturated rings. The summed E-state index contributed by atoms with van der Waals surface area (Å²) in [6.07, 6.45) is 4.50. The van der Waals surface area contributed by atoms with Crippen LogP contribution in [0.25, 0.3) is 0 Å². The second-order valence-electron chi connectivity index (χ2n) is 8.15. The molecule has 3 aliphatic heterocycles. The molecule has 1 unspecified atom stereocenters. The van der Waals surface area contributed by atoms with Crippen molar-refractivity contribution in [3.63, 3.8) is 0 Å². The van der Waals surface area contributed by atoms with Gasteiger partial charge in [0.1, 0.15) is 0 Å². The summed E-state index contributed by atoms with van der Waals surface area (Å²) in [6, 6.07) is 14.6. The minimum atomic E-state index is 0.146. The average Bonchev–Trinajstić information content (AvgIpc) is 2.75. The molecule has 2 aromatic rings. The number of benzene rings is 2. The van der Waals surface area contributed by atoms with E-state index in [9.17, 15) is 4.79 Å². The number of anilines is 2. The Kier molecular flexibility index (Phi) is 5.57. The van der Waals surface area contributed by atoms with E-state index < -0.39 is 0 Å². The maximum atomic E-state index is 13.4. The highest BCUT2D eigenvalue weighted by Crippen LogP contribution is 2.48. The number of hydrogen-bond donors (Lipinski definition) is 0. The molecular weight excluding hydrogens is 402 g/mol. The fourth-order valence-corrected chi connectivity index (χ4v) is 5.99. The SMILES string of the molecule is O=C(CCN1CCN2CCCCC2C1)N1c2ccccc2Sc2ccc(Cl)cc21. The normalized spacial score (nSPS) is 22.0. The Bertz CT molecular complexity index is 921. The highest BCUT2D eigenvalue weighted by atomic mass is 35.5. The molecule has 0 aromatic heterocycles. The summed E-state index contributed by atoms with van der Waals surface area (Å²) in [5.74, 6) is 0.146. The molecule has 0 saturated carbocycles. The third-order valence-corrected chi connectivity index (χ3v) is 7.67. The molecule has 152 valence electrons. The predicted octanol–water partition coefficient (Wildman–Crippen LogP) is 5.03. The molecular formula is C23H26ClN3OS. The van der Waals surface area contributed by atoms with Gasteiger partial charge in [-0.15, -0.1) is 0 Å². The lowest BCUT2D eigenvalue weighted by Crippen LogP contribution is -2.55. The van der Waals surface area contributed by atoms with Crippen molar-refractivity contribution >= 4 is 40.6 Å². The standard InChI is InChI=1S/C23H26ClN3OS/c24-17-8-9-22-20(15-17)27(19-6-1-2-7-21(19)29-22)23(28)10-12-25-13-14-26-11-4-3-5-18(26)16-25/h1-2,6-9,15,18H,3-5,10-14,16H2. The average molecular weight is 428 g/mol. The quantitative estimate of drug-likeness (QED) is 0.686. The van der Waals surface area contributed by atoms with E-state index in [1.54, 1.807) is 11.8 Å². The van der Waals surface area contributed by atoms with E-state index in [1.165, 1.54) is 25.8 Å². The molecule has 1 amide bonds. The van der Waals surface area contributed by atoms with Gasteiger partial charge in [0.25, 0.3) is 0 Å². The molecule has 2 saturated heterocycles. The molecule has 6 heteroatoms. The van der Waals surface area contributed by atoms with Gasteiger partial charge >= 0.3 is 0 Å². The van der Waals surface area contributed by atoms with Crippen LogP contribution in [0.2, 0.25) is 5.02 Å². The summed E-state index contributed by atoms with van der Waals surface area (Å²) in [5.41, 5.74) is 1.87. The second kappa shape index (κ2) is 8.31. The van der Waals surface area contributed by atoms with Gasteiger partial charge in [-0.3, -0.25) is 19.5 Å². The van der Waals surface area contributed by atoms with Crippen molar-refractivity contribution in [2.75, 3.05) is 37.6 Å². The largest absolute Gasteiger partial charge is 0.300 e. The van der Waals surface area contributed by atoms with Crippen molar-refractivity contribution in [3.05, 3.63) is 47.5 Å². The van der Waals surface area contributed by atoms with Gasteiger partial charge < -0.3 is 0 Å². The zero-order chi connectivity index (χ0) is 19.8. The van der Waals surface area contributed by atoms with Crippen LogP contribution in [0, 0.1) is 0 Å². The van der Waals surface area contributed by atoms with Crippen LogP contribution < -0.4 is 4.90 Å². The molecule has 0 aliphatic carbocycles. The maximum absolute atomic E-state index is 13.4. The van der Waals surface area contributed by atoms with Crippen molar-refractivity contribution in [2.45, 2.75) is 41.5 Å². The Labute approximate surface area is 181 Å². The smallest absolute Gasteiger partial charge is 0.232 e. The third-order valence-electron chi connectivity index (χ3n) is 6.30. The van der Waals surface area contributed by atoms with Gasteiger partial charge in [0.05, 0.1) is 11.4 Å². The van der Waals surface area contributed by atoms with E-state index in [1.807, 2.05) is 41.3 Å². The van der Waals surface area contributed by atoms with E-state index in [0.717, 1.165) is 47.3 Å². The monoisotopic (exact) mass is 427 g/mol. The number of amides is 1. The van der Waals surface area contributed by atoms with Crippen LogP contribution in [-0.2, 0) is 4.79 Å². The minimum absolute atomic E-state index is 0.146. The van der Waals surface area contributed by atoms with Gasteiger partial charge in [-0.2, -0.15) is 0 Å². The Morgan fingerprint density at radius 3 is 2.83 bits per heavy atom. The van der Waals surface area contributed by atoms with Crippen molar-refractivity contribution < 1.29 is 4.79 Å². The van der Waals surface area contributed by atoms with Gasteiger partial charge in [-0.1, -0.05) is 41.9 Å². The van der Waals surface area contributed by atoms with Gasteiger partial charge in [0.15, 0.2) is 0 Å². The summed E-state index contributed by atoms with van der Waals surface area (Å²) < 4.78 is 0.